The molecule has 0 bridgehead atoms. The molecule has 1 saturated heterocycles. The van der Waals surface area contributed by atoms with Crippen molar-refractivity contribution in [3.05, 3.63) is 48.2 Å². The zero-order valence-corrected chi connectivity index (χ0v) is 14.5. The molecule has 3 rings (SSSR count). The highest BCUT2D eigenvalue weighted by Crippen LogP contribution is 2.17. The van der Waals surface area contributed by atoms with Crippen molar-refractivity contribution in [3.63, 3.8) is 0 Å². The lowest BCUT2D eigenvalue weighted by Crippen LogP contribution is -2.34. The van der Waals surface area contributed by atoms with Gasteiger partial charge in [-0.05, 0) is 61.8 Å². The lowest BCUT2D eigenvalue weighted by molar-refractivity contribution is 0.114. The third kappa shape index (κ3) is 4.91. The van der Waals surface area contributed by atoms with Crippen LogP contribution in [-0.2, 0) is 4.74 Å². The van der Waals surface area contributed by atoms with E-state index >= 15 is 0 Å². The van der Waals surface area contributed by atoms with E-state index in [1.807, 2.05) is 24.3 Å². The number of aromatic nitrogens is 1. The molecule has 126 valence electrons. The Morgan fingerprint density at radius 2 is 2.21 bits per heavy atom. The van der Waals surface area contributed by atoms with Crippen LogP contribution in [0, 0.1) is 6.92 Å². The Morgan fingerprint density at radius 1 is 1.29 bits per heavy atom. The van der Waals surface area contributed by atoms with Gasteiger partial charge in [-0.1, -0.05) is 12.1 Å². The third-order valence-corrected chi connectivity index (χ3v) is 4.07. The van der Waals surface area contributed by atoms with Crippen LogP contribution < -0.4 is 16.0 Å². The van der Waals surface area contributed by atoms with Crippen molar-refractivity contribution in [2.24, 2.45) is 0 Å². The first kappa shape index (κ1) is 16.7. The summed E-state index contributed by atoms with van der Waals surface area (Å²) in [6.07, 6.45) is 4.25. The molecule has 1 unspecified atom stereocenters. The molecular formula is C18H22N4OS. The normalized spacial score (nSPS) is 16.6. The predicted octanol–water partition coefficient (Wildman–Crippen LogP) is 3.60. The molecular weight excluding hydrogens is 320 g/mol. The van der Waals surface area contributed by atoms with Crippen LogP contribution in [0.2, 0.25) is 0 Å². The average molecular weight is 342 g/mol. The summed E-state index contributed by atoms with van der Waals surface area (Å²) in [6, 6.07) is 12.1. The van der Waals surface area contributed by atoms with E-state index in [0.717, 1.165) is 43.2 Å². The number of nitrogens with zero attached hydrogens (tertiary/aromatic N) is 1. The largest absolute Gasteiger partial charge is 0.376 e. The van der Waals surface area contributed by atoms with Crippen molar-refractivity contribution in [3.8, 4) is 0 Å². The van der Waals surface area contributed by atoms with Gasteiger partial charge in [-0.3, -0.25) is 0 Å². The highest BCUT2D eigenvalue weighted by atomic mass is 32.1. The molecule has 0 amide bonds. The third-order valence-electron chi connectivity index (χ3n) is 3.83. The maximum atomic E-state index is 5.56. The molecule has 1 fully saturated rings. The van der Waals surface area contributed by atoms with Gasteiger partial charge in [0, 0.05) is 18.8 Å². The molecule has 2 heterocycles. The minimum absolute atomic E-state index is 0.267. The summed E-state index contributed by atoms with van der Waals surface area (Å²) < 4.78 is 5.56. The molecule has 0 saturated carbocycles. The molecule has 1 aliphatic heterocycles. The van der Waals surface area contributed by atoms with Crippen molar-refractivity contribution < 1.29 is 4.74 Å². The van der Waals surface area contributed by atoms with Crippen LogP contribution in [-0.4, -0.2) is 29.4 Å². The van der Waals surface area contributed by atoms with Gasteiger partial charge in [-0.25, -0.2) is 4.98 Å². The summed E-state index contributed by atoms with van der Waals surface area (Å²) >= 11 is 5.30. The Kier molecular flexibility index (Phi) is 5.61. The van der Waals surface area contributed by atoms with Crippen LogP contribution in [0.1, 0.15) is 18.4 Å². The van der Waals surface area contributed by atoms with E-state index < -0.39 is 0 Å². The van der Waals surface area contributed by atoms with Crippen molar-refractivity contribution in [1.29, 1.82) is 0 Å². The summed E-state index contributed by atoms with van der Waals surface area (Å²) in [4.78, 5) is 4.41. The monoisotopic (exact) mass is 342 g/mol. The Bertz CT molecular complexity index is 684. The number of rotatable bonds is 5. The van der Waals surface area contributed by atoms with E-state index in [1.54, 1.807) is 6.20 Å². The average Bonchev–Trinajstić information content (AvgIpc) is 3.08. The van der Waals surface area contributed by atoms with Crippen molar-refractivity contribution in [2.75, 3.05) is 23.8 Å². The number of ether oxygens (including phenoxy) is 1. The molecule has 1 aromatic carbocycles. The lowest BCUT2D eigenvalue weighted by Gasteiger charge is -2.14. The maximum Gasteiger partial charge on any atom is 0.170 e. The Morgan fingerprint density at radius 3 is 2.92 bits per heavy atom. The molecule has 1 aliphatic rings. The predicted molar refractivity (Wildman–Crippen MR) is 102 cm³/mol. The second-order valence-electron chi connectivity index (χ2n) is 5.90. The van der Waals surface area contributed by atoms with E-state index in [-0.39, 0.29) is 6.10 Å². The van der Waals surface area contributed by atoms with Gasteiger partial charge in [-0.15, -0.1) is 0 Å². The lowest BCUT2D eigenvalue weighted by atomic mass is 10.2. The van der Waals surface area contributed by atoms with Gasteiger partial charge in [-0.2, -0.15) is 0 Å². The molecule has 0 radical (unpaired) electrons. The Hall–Kier alpha value is -2.18. The number of hydrogen-bond acceptors (Lipinski definition) is 4. The number of hydrogen-bond donors (Lipinski definition) is 3. The van der Waals surface area contributed by atoms with E-state index in [4.69, 9.17) is 17.0 Å². The molecule has 3 N–H and O–H groups in total. The quantitative estimate of drug-likeness (QED) is 0.722. The first-order chi connectivity index (χ1) is 11.7. The van der Waals surface area contributed by atoms with E-state index in [2.05, 4.69) is 40.0 Å². The molecule has 6 heteroatoms. The van der Waals surface area contributed by atoms with Crippen LogP contribution in [0.25, 0.3) is 0 Å². The van der Waals surface area contributed by atoms with Crippen LogP contribution in [0.3, 0.4) is 0 Å². The highest BCUT2D eigenvalue weighted by Gasteiger charge is 2.15. The van der Waals surface area contributed by atoms with Gasteiger partial charge < -0.3 is 20.7 Å². The fraction of sp³-hybridized carbons (Fsp3) is 0.333. The standard InChI is InChI=1S/C18H22N4OS/c1-13-4-2-5-14(10-13)21-17-8-7-15(11-19-17)22-18(24)20-12-16-6-3-9-23-16/h2,4-5,7-8,10-11,16H,3,6,9,12H2,1H3,(H,19,21)(H2,20,22,24). The molecule has 0 aliphatic carbocycles. The number of pyridine rings is 1. The van der Waals surface area contributed by atoms with Crippen LogP contribution in [0.4, 0.5) is 17.2 Å². The summed E-state index contributed by atoms with van der Waals surface area (Å²) in [5, 5.41) is 10.2. The van der Waals surface area contributed by atoms with Crippen LogP contribution in [0.5, 0.6) is 0 Å². The number of anilines is 3. The second-order valence-corrected chi connectivity index (χ2v) is 6.30. The number of aryl methyl sites for hydroxylation is 1. The summed E-state index contributed by atoms with van der Waals surface area (Å²) in [7, 11) is 0. The topological polar surface area (TPSA) is 58.2 Å². The minimum Gasteiger partial charge on any atom is -0.376 e. The smallest absolute Gasteiger partial charge is 0.170 e. The molecule has 1 atom stereocenters. The number of benzene rings is 1. The summed E-state index contributed by atoms with van der Waals surface area (Å²) in [5.41, 5.74) is 3.09. The van der Waals surface area contributed by atoms with Crippen molar-refractivity contribution in [2.45, 2.75) is 25.9 Å². The van der Waals surface area contributed by atoms with Gasteiger partial charge in [0.1, 0.15) is 5.82 Å². The second kappa shape index (κ2) is 8.08. The fourth-order valence-electron chi connectivity index (χ4n) is 2.60. The minimum atomic E-state index is 0.267. The van der Waals surface area contributed by atoms with E-state index in [1.165, 1.54) is 5.56 Å². The van der Waals surface area contributed by atoms with Crippen molar-refractivity contribution in [1.82, 2.24) is 10.3 Å². The van der Waals surface area contributed by atoms with Gasteiger partial charge in [0.25, 0.3) is 0 Å². The van der Waals surface area contributed by atoms with Gasteiger partial charge in [0.2, 0.25) is 0 Å². The van der Waals surface area contributed by atoms with Crippen molar-refractivity contribution >= 4 is 34.5 Å². The molecule has 0 spiro atoms. The molecule has 5 nitrogen and oxygen atoms in total. The molecule has 1 aromatic heterocycles. The SMILES string of the molecule is Cc1cccc(Nc2ccc(NC(=S)NCC3CCCO3)cn2)c1. The zero-order chi connectivity index (χ0) is 16.8. The zero-order valence-electron chi connectivity index (χ0n) is 13.7. The van der Waals surface area contributed by atoms with Gasteiger partial charge in [0.05, 0.1) is 18.0 Å². The van der Waals surface area contributed by atoms with E-state index in [9.17, 15) is 0 Å². The van der Waals surface area contributed by atoms with E-state index in [0.29, 0.717) is 5.11 Å². The molecule has 24 heavy (non-hydrogen) atoms. The van der Waals surface area contributed by atoms with Crippen LogP contribution >= 0.6 is 12.2 Å². The van der Waals surface area contributed by atoms with Crippen LogP contribution in [0.15, 0.2) is 42.6 Å². The molecule has 2 aromatic rings. The Balaban J connectivity index is 1.49. The summed E-state index contributed by atoms with van der Waals surface area (Å²) in [6.45, 7) is 3.66. The number of nitrogens with one attached hydrogen (secondary N) is 3. The first-order valence-corrected chi connectivity index (χ1v) is 8.56. The fourth-order valence-corrected chi connectivity index (χ4v) is 2.80. The maximum absolute atomic E-state index is 5.56. The Labute approximate surface area is 147 Å². The first-order valence-electron chi connectivity index (χ1n) is 8.15. The number of thiocarbonyl (C=S) groups is 1. The summed E-state index contributed by atoms with van der Waals surface area (Å²) in [5.74, 6) is 0.796. The van der Waals surface area contributed by atoms with Gasteiger partial charge in [0.15, 0.2) is 5.11 Å². The highest BCUT2D eigenvalue weighted by molar-refractivity contribution is 7.80. The van der Waals surface area contributed by atoms with Gasteiger partial charge >= 0.3 is 0 Å².